The van der Waals surface area contributed by atoms with Crippen LogP contribution in [-0.4, -0.2) is 35.7 Å². The van der Waals surface area contributed by atoms with Crippen LogP contribution in [0.2, 0.25) is 0 Å². The molecular formula is C28H26O7. The molecule has 0 amide bonds. The van der Waals surface area contributed by atoms with Gasteiger partial charge in [0.1, 0.15) is 40.2 Å². The molecule has 0 aromatic heterocycles. The zero-order valence-electron chi connectivity index (χ0n) is 19.0. The molecule has 4 aromatic carbocycles. The topological polar surface area (TPSA) is 142 Å². The van der Waals surface area contributed by atoms with Crippen molar-refractivity contribution in [3.05, 3.63) is 99.6 Å². The third kappa shape index (κ3) is 4.75. The number of hydrogen-bond donors (Lipinski definition) is 7. The molecule has 7 nitrogen and oxygen atoms in total. The molecule has 7 N–H and O–H groups in total. The van der Waals surface area contributed by atoms with E-state index >= 15 is 0 Å². The second-order valence-corrected chi connectivity index (χ2v) is 8.58. The van der Waals surface area contributed by atoms with Crippen LogP contribution in [0.1, 0.15) is 38.9 Å². The summed E-state index contributed by atoms with van der Waals surface area (Å²) < 4.78 is 0. The van der Waals surface area contributed by atoms with Crippen LogP contribution in [0.4, 0.5) is 0 Å². The van der Waals surface area contributed by atoms with Gasteiger partial charge >= 0.3 is 0 Å². The Morgan fingerprint density at radius 3 is 1.40 bits per heavy atom. The fourth-order valence-corrected chi connectivity index (χ4v) is 4.12. The monoisotopic (exact) mass is 474 g/mol. The summed E-state index contributed by atoms with van der Waals surface area (Å²) in [6.45, 7) is 1.84. The average molecular weight is 475 g/mol. The quantitative estimate of drug-likeness (QED) is 0.215. The minimum absolute atomic E-state index is 0.0110. The molecule has 180 valence electrons. The zero-order valence-corrected chi connectivity index (χ0v) is 19.0. The number of aromatic hydroxyl groups is 7. The maximum absolute atomic E-state index is 10.9. The van der Waals surface area contributed by atoms with Crippen LogP contribution < -0.4 is 0 Å². The smallest absolute Gasteiger partial charge is 0.126 e. The molecule has 0 radical (unpaired) electrons. The van der Waals surface area contributed by atoms with Gasteiger partial charge in [0.15, 0.2) is 0 Å². The molecule has 35 heavy (non-hydrogen) atoms. The first-order valence-electron chi connectivity index (χ1n) is 11.0. The molecule has 0 unspecified atom stereocenters. The Kier molecular flexibility index (Phi) is 6.34. The minimum atomic E-state index is -0.238. The molecular weight excluding hydrogens is 448 g/mol. The Hall–Kier alpha value is -4.52. The van der Waals surface area contributed by atoms with Crippen molar-refractivity contribution in [1.82, 2.24) is 0 Å². The van der Waals surface area contributed by atoms with Gasteiger partial charge in [-0.3, -0.25) is 0 Å². The van der Waals surface area contributed by atoms with Crippen molar-refractivity contribution in [2.24, 2.45) is 0 Å². The normalized spacial score (nSPS) is 11.0. The highest BCUT2D eigenvalue weighted by atomic mass is 16.3. The Balaban J connectivity index is 1.69. The molecule has 4 aromatic rings. The minimum Gasteiger partial charge on any atom is -0.508 e. The van der Waals surface area contributed by atoms with Gasteiger partial charge in [-0.15, -0.1) is 0 Å². The van der Waals surface area contributed by atoms with Gasteiger partial charge in [-0.2, -0.15) is 0 Å². The molecule has 4 rings (SSSR count). The lowest BCUT2D eigenvalue weighted by molar-refractivity contribution is 0.428. The molecule has 7 heteroatoms. The lowest BCUT2D eigenvalue weighted by Crippen LogP contribution is -1.99. The predicted molar refractivity (Wildman–Crippen MR) is 131 cm³/mol. The third-order valence-electron chi connectivity index (χ3n) is 6.15. The summed E-state index contributed by atoms with van der Waals surface area (Å²) in [5.74, 6) is -1.00. The fraction of sp³-hybridized carbons (Fsp3) is 0.143. The van der Waals surface area contributed by atoms with E-state index in [1.165, 1.54) is 42.5 Å². The van der Waals surface area contributed by atoms with E-state index < -0.39 is 0 Å². The number of phenolic OH excluding ortho intramolecular Hbond substituents is 7. The van der Waals surface area contributed by atoms with Gasteiger partial charge < -0.3 is 35.7 Å². The van der Waals surface area contributed by atoms with Crippen molar-refractivity contribution in [2.75, 3.05) is 0 Å². The maximum atomic E-state index is 10.9. The Bertz CT molecular complexity index is 1390. The van der Waals surface area contributed by atoms with Crippen LogP contribution in [0.15, 0.2) is 60.7 Å². The van der Waals surface area contributed by atoms with E-state index in [0.717, 1.165) is 5.56 Å². The van der Waals surface area contributed by atoms with Gasteiger partial charge in [-0.1, -0.05) is 30.3 Å². The van der Waals surface area contributed by atoms with Crippen molar-refractivity contribution in [1.29, 1.82) is 0 Å². The van der Waals surface area contributed by atoms with E-state index in [0.29, 0.717) is 16.7 Å². The molecule has 0 heterocycles. The van der Waals surface area contributed by atoms with Crippen molar-refractivity contribution < 1.29 is 35.7 Å². The number of rotatable bonds is 6. The molecule has 0 bridgehead atoms. The first-order chi connectivity index (χ1) is 16.7. The van der Waals surface area contributed by atoms with E-state index in [9.17, 15) is 35.7 Å². The van der Waals surface area contributed by atoms with E-state index in [-0.39, 0.29) is 76.2 Å². The highest BCUT2D eigenvalue weighted by Gasteiger charge is 2.20. The number of hydrogen-bond acceptors (Lipinski definition) is 7. The van der Waals surface area contributed by atoms with Gasteiger partial charge in [0.2, 0.25) is 0 Å². The fourth-order valence-electron chi connectivity index (χ4n) is 4.12. The molecule has 0 aliphatic heterocycles. The van der Waals surface area contributed by atoms with Crippen LogP contribution in [0.3, 0.4) is 0 Å². The van der Waals surface area contributed by atoms with Crippen LogP contribution in [0, 0.1) is 6.92 Å². The van der Waals surface area contributed by atoms with E-state index in [1.807, 2.05) is 13.0 Å². The van der Waals surface area contributed by atoms with E-state index in [2.05, 4.69) is 0 Å². The standard InChI is InChI=1S/C28H26O7/c1-15-5-6-16(26(33)11-15)12-20-24(31)10-8-18(28(20)35)14-21-25(32)9-7-17(27(21)34)13-19-22(29)3-2-4-23(19)30/h2-11,29-35H,12-14H2,1H3. The molecule has 0 spiro atoms. The van der Waals surface area contributed by atoms with Gasteiger partial charge in [-0.25, -0.2) is 0 Å². The highest BCUT2D eigenvalue weighted by molar-refractivity contribution is 5.58. The summed E-state index contributed by atoms with van der Waals surface area (Å²) in [7, 11) is 0. The summed E-state index contributed by atoms with van der Waals surface area (Å²) in [4.78, 5) is 0. The predicted octanol–water partition coefficient (Wildman–Crippen LogP) is 4.71. The van der Waals surface area contributed by atoms with Gasteiger partial charge in [0.25, 0.3) is 0 Å². The first-order valence-corrected chi connectivity index (χ1v) is 11.0. The lowest BCUT2D eigenvalue weighted by atomic mass is 9.93. The summed E-state index contributed by atoms with van der Waals surface area (Å²) in [5.41, 5.74) is 2.67. The SMILES string of the molecule is Cc1ccc(Cc2c(O)ccc(Cc3c(O)ccc(Cc4c(O)cccc4O)c3O)c2O)c(O)c1. The zero-order chi connectivity index (χ0) is 25.3. The van der Waals surface area contributed by atoms with Gasteiger partial charge in [-0.05, 0) is 59.5 Å². The second-order valence-electron chi connectivity index (χ2n) is 8.58. The van der Waals surface area contributed by atoms with Crippen LogP contribution in [0.25, 0.3) is 0 Å². The number of benzene rings is 4. The van der Waals surface area contributed by atoms with Crippen LogP contribution >= 0.6 is 0 Å². The lowest BCUT2D eigenvalue weighted by Gasteiger charge is -2.16. The molecule has 0 atom stereocenters. The third-order valence-corrected chi connectivity index (χ3v) is 6.15. The Morgan fingerprint density at radius 2 is 0.886 bits per heavy atom. The summed E-state index contributed by atoms with van der Waals surface area (Å²) in [5, 5.41) is 73.0. The van der Waals surface area contributed by atoms with Crippen molar-refractivity contribution in [3.63, 3.8) is 0 Å². The van der Waals surface area contributed by atoms with Crippen molar-refractivity contribution in [2.45, 2.75) is 26.2 Å². The van der Waals surface area contributed by atoms with Crippen molar-refractivity contribution >= 4 is 0 Å². The van der Waals surface area contributed by atoms with E-state index in [4.69, 9.17) is 0 Å². The van der Waals surface area contributed by atoms with Crippen LogP contribution in [-0.2, 0) is 19.3 Å². The second kappa shape index (κ2) is 9.38. The molecule has 0 aliphatic carbocycles. The number of aryl methyl sites for hydroxylation is 1. The van der Waals surface area contributed by atoms with E-state index in [1.54, 1.807) is 12.1 Å². The Morgan fingerprint density at radius 1 is 0.457 bits per heavy atom. The highest BCUT2D eigenvalue weighted by Crippen LogP contribution is 2.40. The van der Waals surface area contributed by atoms with Crippen molar-refractivity contribution in [3.8, 4) is 40.2 Å². The first kappa shape index (κ1) is 23.6. The number of phenols is 7. The summed E-state index contributed by atoms with van der Waals surface area (Å²) in [6.07, 6.45) is 0.0244. The molecule has 0 fully saturated rings. The summed E-state index contributed by atoms with van der Waals surface area (Å²) in [6, 6.07) is 15.3. The largest absolute Gasteiger partial charge is 0.508 e. The summed E-state index contributed by atoms with van der Waals surface area (Å²) >= 11 is 0. The van der Waals surface area contributed by atoms with Gasteiger partial charge in [0.05, 0.1) is 0 Å². The Labute approximate surface area is 202 Å². The van der Waals surface area contributed by atoms with Gasteiger partial charge in [0, 0.05) is 36.0 Å². The maximum Gasteiger partial charge on any atom is 0.126 e. The average Bonchev–Trinajstić information content (AvgIpc) is 2.80. The molecule has 0 saturated heterocycles. The molecule has 0 saturated carbocycles. The molecule has 0 aliphatic rings. The van der Waals surface area contributed by atoms with Crippen LogP contribution in [0.5, 0.6) is 40.2 Å².